The topological polar surface area (TPSA) is 58.6 Å². The first-order valence-electron chi connectivity index (χ1n) is 7.94. The third-order valence-electron chi connectivity index (χ3n) is 4.38. The maximum Gasteiger partial charge on any atom is 0.341 e. The summed E-state index contributed by atoms with van der Waals surface area (Å²) in [7, 11) is 1.39. The lowest BCUT2D eigenvalue weighted by Crippen LogP contribution is -2.36. The number of hydrogen-bond acceptors (Lipinski definition) is 5. The molecule has 1 aliphatic carbocycles. The first-order chi connectivity index (χ1) is 10.7. The molecule has 2 heterocycles. The van der Waals surface area contributed by atoms with Crippen LogP contribution in [0.15, 0.2) is 0 Å². The highest BCUT2D eigenvalue weighted by molar-refractivity contribution is 7.17. The van der Waals surface area contributed by atoms with Gasteiger partial charge in [-0.15, -0.1) is 11.3 Å². The van der Waals surface area contributed by atoms with Gasteiger partial charge in [-0.05, 0) is 50.8 Å². The number of carbonyl (C=O) groups excluding carboxylic acids is 2. The molecule has 0 bridgehead atoms. The number of likely N-dealkylation sites (tertiary alicyclic amines) is 1. The van der Waals surface area contributed by atoms with Crippen molar-refractivity contribution in [3.63, 3.8) is 0 Å². The van der Waals surface area contributed by atoms with Crippen LogP contribution in [0.2, 0.25) is 0 Å². The van der Waals surface area contributed by atoms with Gasteiger partial charge in [0.05, 0.1) is 19.2 Å². The predicted molar refractivity (Wildman–Crippen MR) is 86.6 cm³/mol. The summed E-state index contributed by atoms with van der Waals surface area (Å²) in [5, 5.41) is 3.60. The minimum absolute atomic E-state index is 0.0352. The monoisotopic (exact) mass is 322 g/mol. The van der Waals surface area contributed by atoms with Gasteiger partial charge in [0, 0.05) is 4.88 Å². The molecule has 0 unspecified atom stereocenters. The van der Waals surface area contributed by atoms with Crippen LogP contribution >= 0.6 is 11.3 Å². The number of carbonyl (C=O) groups is 2. The minimum Gasteiger partial charge on any atom is -0.465 e. The van der Waals surface area contributed by atoms with Gasteiger partial charge in [-0.2, -0.15) is 0 Å². The van der Waals surface area contributed by atoms with Crippen LogP contribution in [-0.2, 0) is 22.4 Å². The predicted octanol–water partition coefficient (Wildman–Crippen LogP) is 2.45. The zero-order valence-corrected chi connectivity index (χ0v) is 13.8. The third kappa shape index (κ3) is 3.17. The van der Waals surface area contributed by atoms with E-state index in [0.717, 1.165) is 50.8 Å². The zero-order valence-electron chi connectivity index (χ0n) is 12.9. The van der Waals surface area contributed by atoms with Gasteiger partial charge in [-0.3, -0.25) is 9.69 Å². The Morgan fingerprint density at radius 3 is 2.68 bits per heavy atom. The summed E-state index contributed by atoms with van der Waals surface area (Å²) in [6.45, 7) is 2.37. The summed E-state index contributed by atoms with van der Waals surface area (Å²) < 4.78 is 4.90. The molecule has 6 heteroatoms. The molecule has 5 nitrogen and oxygen atoms in total. The van der Waals surface area contributed by atoms with E-state index in [2.05, 4.69) is 10.2 Å². The molecule has 1 saturated heterocycles. The van der Waals surface area contributed by atoms with Gasteiger partial charge in [-0.25, -0.2) is 4.79 Å². The second-order valence-electron chi connectivity index (χ2n) is 5.94. The Morgan fingerprint density at radius 2 is 1.95 bits per heavy atom. The van der Waals surface area contributed by atoms with Gasteiger partial charge < -0.3 is 10.1 Å². The lowest BCUT2D eigenvalue weighted by molar-refractivity contribution is -0.117. The van der Waals surface area contributed by atoms with Crippen molar-refractivity contribution in [1.29, 1.82) is 0 Å². The second-order valence-corrected chi connectivity index (χ2v) is 7.04. The van der Waals surface area contributed by atoms with Gasteiger partial charge in [0.15, 0.2) is 0 Å². The van der Waals surface area contributed by atoms with Crippen LogP contribution in [-0.4, -0.2) is 43.5 Å². The second kappa shape index (κ2) is 6.79. The van der Waals surface area contributed by atoms with Crippen molar-refractivity contribution in [2.75, 3.05) is 32.1 Å². The van der Waals surface area contributed by atoms with Gasteiger partial charge in [0.1, 0.15) is 5.00 Å². The van der Waals surface area contributed by atoms with Crippen molar-refractivity contribution in [3.8, 4) is 0 Å². The molecule has 1 aromatic rings. The Kier molecular flexibility index (Phi) is 4.78. The number of hydrogen-bond donors (Lipinski definition) is 1. The maximum absolute atomic E-state index is 12.3. The zero-order chi connectivity index (χ0) is 15.5. The molecule has 0 atom stereocenters. The molecule has 1 N–H and O–H groups in total. The molecule has 1 amide bonds. The molecule has 1 aliphatic heterocycles. The number of thiophene rings is 1. The van der Waals surface area contributed by atoms with E-state index < -0.39 is 0 Å². The van der Waals surface area contributed by atoms with Crippen LogP contribution in [0.5, 0.6) is 0 Å². The summed E-state index contributed by atoms with van der Waals surface area (Å²) in [5.41, 5.74) is 1.65. The molecule has 120 valence electrons. The Labute approximate surface area is 134 Å². The van der Waals surface area contributed by atoms with Gasteiger partial charge in [0.2, 0.25) is 5.91 Å². The van der Waals surface area contributed by atoms with Gasteiger partial charge in [0.25, 0.3) is 0 Å². The number of piperidine rings is 1. The van der Waals surface area contributed by atoms with Crippen LogP contribution in [0.3, 0.4) is 0 Å². The molecule has 1 fully saturated rings. The van der Waals surface area contributed by atoms with E-state index in [1.807, 2.05) is 0 Å². The fourth-order valence-corrected chi connectivity index (χ4v) is 4.59. The quantitative estimate of drug-likeness (QED) is 0.865. The number of aryl methyl sites for hydroxylation is 1. The number of fused-ring (bicyclic) bond motifs is 1. The fourth-order valence-electron chi connectivity index (χ4n) is 3.30. The molecule has 0 saturated carbocycles. The lowest BCUT2D eigenvalue weighted by atomic mass is 10.1. The van der Waals surface area contributed by atoms with E-state index in [1.165, 1.54) is 29.7 Å². The highest BCUT2D eigenvalue weighted by Crippen LogP contribution is 2.39. The lowest BCUT2D eigenvalue weighted by Gasteiger charge is -2.25. The van der Waals surface area contributed by atoms with Crippen LogP contribution in [0.25, 0.3) is 0 Å². The third-order valence-corrected chi connectivity index (χ3v) is 5.59. The number of nitrogens with one attached hydrogen (secondary N) is 1. The number of anilines is 1. The molecule has 1 aromatic heterocycles. The van der Waals surface area contributed by atoms with E-state index in [-0.39, 0.29) is 11.9 Å². The number of methoxy groups -OCH3 is 1. The summed E-state index contributed by atoms with van der Waals surface area (Å²) in [5.74, 6) is -0.375. The number of rotatable bonds is 4. The van der Waals surface area contributed by atoms with Crippen LogP contribution < -0.4 is 5.32 Å². The standard InChI is InChI=1S/C16H22N2O3S/c1-21-16(20)14-11-6-5-7-12(11)22-15(14)17-13(19)10-18-8-3-2-4-9-18/h2-10H2,1H3,(H,17,19). The van der Waals surface area contributed by atoms with E-state index >= 15 is 0 Å². The molecular formula is C16H22N2O3S. The van der Waals surface area contributed by atoms with Crippen molar-refractivity contribution in [1.82, 2.24) is 4.90 Å². The summed E-state index contributed by atoms with van der Waals surface area (Å²) in [6.07, 6.45) is 6.54. The molecule has 2 aliphatic rings. The molecular weight excluding hydrogens is 300 g/mol. The Morgan fingerprint density at radius 1 is 1.18 bits per heavy atom. The highest BCUT2D eigenvalue weighted by atomic mass is 32.1. The van der Waals surface area contributed by atoms with Crippen molar-refractivity contribution in [3.05, 3.63) is 16.0 Å². The van der Waals surface area contributed by atoms with Crippen molar-refractivity contribution in [2.45, 2.75) is 38.5 Å². The summed E-state index contributed by atoms with van der Waals surface area (Å²) in [4.78, 5) is 27.7. The number of nitrogens with zero attached hydrogens (tertiary/aromatic N) is 1. The normalized spacial score (nSPS) is 18.0. The molecule has 0 spiro atoms. The molecule has 3 rings (SSSR count). The van der Waals surface area contributed by atoms with Crippen molar-refractivity contribution < 1.29 is 14.3 Å². The molecule has 22 heavy (non-hydrogen) atoms. The van der Waals surface area contributed by atoms with E-state index in [0.29, 0.717) is 17.1 Å². The van der Waals surface area contributed by atoms with Crippen molar-refractivity contribution >= 4 is 28.2 Å². The Hall–Kier alpha value is -1.40. The van der Waals surface area contributed by atoms with Crippen LogP contribution in [0, 0.1) is 0 Å². The largest absolute Gasteiger partial charge is 0.465 e. The first-order valence-corrected chi connectivity index (χ1v) is 8.75. The average molecular weight is 322 g/mol. The SMILES string of the molecule is COC(=O)c1c(NC(=O)CN2CCCCC2)sc2c1CCC2. The van der Waals surface area contributed by atoms with E-state index in [1.54, 1.807) is 0 Å². The van der Waals surface area contributed by atoms with Crippen LogP contribution in [0.1, 0.15) is 46.5 Å². The molecule has 0 radical (unpaired) electrons. The fraction of sp³-hybridized carbons (Fsp3) is 0.625. The first kappa shape index (κ1) is 15.5. The highest BCUT2D eigenvalue weighted by Gasteiger charge is 2.28. The molecule has 0 aromatic carbocycles. The minimum atomic E-state index is -0.340. The van der Waals surface area contributed by atoms with E-state index in [4.69, 9.17) is 4.74 Å². The van der Waals surface area contributed by atoms with Gasteiger partial charge in [-0.1, -0.05) is 6.42 Å². The maximum atomic E-state index is 12.3. The smallest absolute Gasteiger partial charge is 0.341 e. The Balaban J connectivity index is 1.71. The van der Waals surface area contributed by atoms with Crippen LogP contribution in [0.4, 0.5) is 5.00 Å². The van der Waals surface area contributed by atoms with E-state index in [9.17, 15) is 9.59 Å². The number of esters is 1. The number of amides is 1. The Bertz CT molecular complexity index is 576. The van der Waals surface area contributed by atoms with Gasteiger partial charge >= 0.3 is 5.97 Å². The number of ether oxygens (including phenoxy) is 1. The van der Waals surface area contributed by atoms with Crippen molar-refractivity contribution in [2.24, 2.45) is 0 Å². The average Bonchev–Trinajstić information content (AvgIpc) is 3.08. The summed E-state index contributed by atoms with van der Waals surface area (Å²) >= 11 is 1.53. The summed E-state index contributed by atoms with van der Waals surface area (Å²) in [6, 6.07) is 0.